The zero-order valence-electron chi connectivity index (χ0n) is 10.8. The van der Waals surface area contributed by atoms with Gasteiger partial charge < -0.3 is 0 Å². The van der Waals surface area contributed by atoms with Gasteiger partial charge in [-0.1, -0.05) is 47.7 Å². The lowest BCUT2D eigenvalue weighted by atomic mass is 10.1. The van der Waals surface area contributed by atoms with Crippen LogP contribution >= 0.6 is 0 Å². The fourth-order valence-corrected chi connectivity index (χ4v) is 1.98. The van der Waals surface area contributed by atoms with Crippen LogP contribution in [0.1, 0.15) is 12.6 Å². The highest BCUT2D eigenvalue weighted by Gasteiger charge is 2.20. The average molecular weight is 268 g/mol. The van der Waals surface area contributed by atoms with Gasteiger partial charge in [0, 0.05) is 5.56 Å². The molecule has 0 amide bonds. The SMILES string of the molecule is CCc1nnn(C(=O)n2ccnn2)c1-c1ccccc1. The molecule has 1 aromatic carbocycles. The Bertz CT molecular complexity index is 717. The van der Waals surface area contributed by atoms with Crippen molar-refractivity contribution in [1.82, 2.24) is 30.0 Å². The normalized spacial score (nSPS) is 10.7. The number of rotatable bonds is 2. The van der Waals surface area contributed by atoms with Gasteiger partial charge in [0.2, 0.25) is 0 Å². The van der Waals surface area contributed by atoms with Crippen LogP contribution in [0.4, 0.5) is 4.79 Å². The van der Waals surface area contributed by atoms with Crippen LogP contribution in [0.5, 0.6) is 0 Å². The van der Waals surface area contributed by atoms with E-state index < -0.39 is 6.03 Å². The molecule has 0 aliphatic rings. The van der Waals surface area contributed by atoms with Crippen molar-refractivity contribution in [2.75, 3.05) is 0 Å². The van der Waals surface area contributed by atoms with Gasteiger partial charge in [-0.2, -0.15) is 9.36 Å². The monoisotopic (exact) mass is 268 g/mol. The Kier molecular flexibility index (Phi) is 3.08. The van der Waals surface area contributed by atoms with Gasteiger partial charge in [0.1, 0.15) is 5.69 Å². The summed E-state index contributed by atoms with van der Waals surface area (Å²) in [6.45, 7) is 1.97. The minimum absolute atomic E-state index is 0.409. The highest BCUT2D eigenvalue weighted by Crippen LogP contribution is 2.22. The largest absolute Gasteiger partial charge is 0.372 e. The molecule has 0 N–H and O–H groups in total. The zero-order chi connectivity index (χ0) is 13.9. The molecule has 0 spiro atoms. The van der Waals surface area contributed by atoms with E-state index in [1.807, 2.05) is 37.3 Å². The number of carbonyl (C=O) groups is 1. The minimum Gasteiger partial charge on any atom is -0.243 e. The topological polar surface area (TPSA) is 78.5 Å². The minimum atomic E-state index is -0.409. The lowest BCUT2D eigenvalue weighted by Crippen LogP contribution is -2.22. The molecule has 0 aliphatic carbocycles. The Morgan fingerprint density at radius 1 is 1.20 bits per heavy atom. The molecule has 0 bridgehead atoms. The zero-order valence-corrected chi connectivity index (χ0v) is 10.8. The molecule has 2 heterocycles. The second-order valence-electron chi connectivity index (χ2n) is 4.15. The first kappa shape index (κ1) is 12.2. The van der Waals surface area contributed by atoms with Crippen molar-refractivity contribution in [1.29, 1.82) is 0 Å². The summed E-state index contributed by atoms with van der Waals surface area (Å²) in [5, 5.41) is 15.3. The van der Waals surface area contributed by atoms with Crippen molar-refractivity contribution in [2.45, 2.75) is 13.3 Å². The third-order valence-corrected chi connectivity index (χ3v) is 2.92. The molecule has 3 rings (SSSR count). The summed E-state index contributed by atoms with van der Waals surface area (Å²) < 4.78 is 2.38. The van der Waals surface area contributed by atoms with Gasteiger partial charge in [-0.15, -0.1) is 10.2 Å². The number of hydrogen-bond donors (Lipinski definition) is 0. The second kappa shape index (κ2) is 5.04. The number of hydrogen-bond acceptors (Lipinski definition) is 5. The van der Waals surface area contributed by atoms with E-state index in [9.17, 15) is 4.79 Å². The van der Waals surface area contributed by atoms with Crippen molar-refractivity contribution in [2.24, 2.45) is 0 Å². The first-order valence-electron chi connectivity index (χ1n) is 6.22. The highest BCUT2D eigenvalue weighted by atomic mass is 16.2. The predicted octanol–water partition coefficient (Wildman–Crippen LogP) is 1.62. The van der Waals surface area contributed by atoms with Crippen LogP contribution < -0.4 is 0 Å². The van der Waals surface area contributed by atoms with Crippen LogP contribution in [0.3, 0.4) is 0 Å². The quantitative estimate of drug-likeness (QED) is 0.705. The molecule has 2 aromatic heterocycles. The van der Waals surface area contributed by atoms with Crippen LogP contribution in [0, 0.1) is 0 Å². The smallest absolute Gasteiger partial charge is 0.243 e. The van der Waals surface area contributed by atoms with Gasteiger partial charge in [0.25, 0.3) is 0 Å². The van der Waals surface area contributed by atoms with Crippen molar-refractivity contribution < 1.29 is 4.79 Å². The van der Waals surface area contributed by atoms with E-state index in [4.69, 9.17) is 0 Å². The van der Waals surface area contributed by atoms with Gasteiger partial charge in [0.15, 0.2) is 0 Å². The highest BCUT2D eigenvalue weighted by molar-refractivity contribution is 5.83. The summed E-state index contributed by atoms with van der Waals surface area (Å²) in [5.41, 5.74) is 2.35. The Balaban J connectivity index is 2.13. The van der Waals surface area contributed by atoms with Crippen molar-refractivity contribution >= 4 is 6.03 Å². The van der Waals surface area contributed by atoms with E-state index in [1.54, 1.807) is 0 Å². The average Bonchev–Trinajstić information content (AvgIpc) is 3.16. The predicted molar refractivity (Wildman–Crippen MR) is 71.1 cm³/mol. The molecule has 0 aliphatic heterocycles. The molecule has 0 atom stereocenters. The summed E-state index contributed by atoms with van der Waals surface area (Å²) in [4.78, 5) is 12.4. The number of aromatic nitrogens is 6. The molecule has 0 saturated heterocycles. The first-order valence-corrected chi connectivity index (χ1v) is 6.22. The van der Waals surface area contributed by atoms with E-state index in [2.05, 4.69) is 20.6 Å². The van der Waals surface area contributed by atoms with Crippen LogP contribution in [0.25, 0.3) is 11.3 Å². The maximum Gasteiger partial charge on any atom is 0.372 e. The van der Waals surface area contributed by atoms with Gasteiger partial charge in [-0.25, -0.2) is 4.79 Å². The number of aryl methyl sites for hydroxylation is 1. The summed E-state index contributed by atoms with van der Waals surface area (Å²) in [6, 6.07) is 9.17. The Hall–Kier alpha value is -2.83. The van der Waals surface area contributed by atoms with Gasteiger partial charge in [-0.3, -0.25) is 0 Å². The van der Waals surface area contributed by atoms with Crippen LogP contribution in [0.2, 0.25) is 0 Å². The Morgan fingerprint density at radius 2 is 2.00 bits per heavy atom. The molecule has 20 heavy (non-hydrogen) atoms. The lowest BCUT2D eigenvalue weighted by Gasteiger charge is -2.05. The van der Waals surface area contributed by atoms with Crippen LogP contribution in [0.15, 0.2) is 42.7 Å². The number of nitrogens with zero attached hydrogens (tertiary/aromatic N) is 6. The summed E-state index contributed by atoms with van der Waals surface area (Å²) in [6.07, 6.45) is 3.61. The third-order valence-electron chi connectivity index (χ3n) is 2.92. The van der Waals surface area contributed by atoms with Crippen molar-refractivity contribution in [3.05, 3.63) is 48.4 Å². The second-order valence-corrected chi connectivity index (χ2v) is 4.15. The third kappa shape index (κ3) is 1.99. The number of benzene rings is 1. The van der Waals surface area contributed by atoms with Gasteiger partial charge in [-0.05, 0) is 6.42 Å². The van der Waals surface area contributed by atoms with E-state index in [-0.39, 0.29) is 0 Å². The van der Waals surface area contributed by atoms with Gasteiger partial charge >= 0.3 is 6.03 Å². The fourth-order valence-electron chi connectivity index (χ4n) is 1.98. The van der Waals surface area contributed by atoms with E-state index >= 15 is 0 Å². The molecular formula is C13H12N6O. The first-order chi connectivity index (χ1) is 9.81. The molecule has 7 nitrogen and oxygen atoms in total. The van der Waals surface area contributed by atoms with Gasteiger partial charge in [0.05, 0.1) is 18.1 Å². The summed E-state index contributed by atoms with van der Waals surface area (Å²) >= 11 is 0. The molecule has 3 aromatic rings. The Labute approximate surface area is 114 Å². The van der Waals surface area contributed by atoms with Crippen LogP contribution in [-0.2, 0) is 6.42 Å². The van der Waals surface area contributed by atoms with E-state index in [0.717, 1.165) is 15.9 Å². The molecule has 0 unspecified atom stereocenters. The standard InChI is InChI=1S/C13H12N6O/c1-2-11-12(10-6-4-3-5-7-10)19(17-15-11)13(20)18-9-8-14-16-18/h3-9H,2H2,1H3. The summed E-state index contributed by atoms with van der Waals surface area (Å²) in [7, 11) is 0. The molecule has 0 fully saturated rings. The molecule has 0 saturated carbocycles. The molecule has 100 valence electrons. The molecule has 7 heteroatoms. The maximum atomic E-state index is 12.4. The maximum absolute atomic E-state index is 12.4. The molecule has 0 radical (unpaired) electrons. The van der Waals surface area contributed by atoms with Crippen LogP contribution in [-0.4, -0.2) is 36.0 Å². The molecular weight excluding hydrogens is 256 g/mol. The van der Waals surface area contributed by atoms with Crippen molar-refractivity contribution in [3.8, 4) is 11.3 Å². The van der Waals surface area contributed by atoms with E-state index in [0.29, 0.717) is 12.1 Å². The van der Waals surface area contributed by atoms with Crippen molar-refractivity contribution in [3.63, 3.8) is 0 Å². The lowest BCUT2D eigenvalue weighted by molar-refractivity contribution is 0.237. The number of carbonyl (C=O) groups excluding carboxylic acids is 1. The Morgan fingerprint density at radius 3 is 2.65 bits per heavy atom. The summed E-state index contributed by atoms with van der Waals surface area (Å²) in [5.74, 6) is 0. The fraction of sp³-hybridized carbons (Fsp3) is 0.154. The van der Waals surface area contributed by atoms with E-state index in [1.165, 1.54) is 17.1 Å².